The summed E-state index contributed by atoms with van der Waals surface area (Å²) in [5, 5.41) is 6.80. The molecule has 2 N–H and O–H groups in total. The van der Waals surface area contributed by atoms with Gasteiger partial charge in [0.15, 0.2) is 0 Å². The van der Waals surface area contributed by atoms with E-state index in [0.29, 0.717) is 11.9 Å². The van der Waals surface area contributed by atoms with Crippen molar-refractivity contribution in [3.8, 4) is 5.88 Å². The smallest absolute Gasteiger partial charge is 0.214 e. The van der Waals surface area contributed by atoms with Crippen molar-refractivity contribution in [2.75, 3.05) is 25.5 Å². The Hall–Kier alpha value is -1.29. The first-order valence-corrected chi connectivity index (χ1v) is 5.87. The fourth-order valence-corrected chi connectivity index (χ4v) is 2.00. The number of anilines is 1. The highest BCUT2D eigenvalue weighted by Crippen LogP contribution is 2.12. The van der Waals surface area contributed by atoms with Gasteiger partial charge in [-0.2, -0.15) is 4.98 Å². The largest absolute Gasteiger partial charge is 0.481 e. The van der Waals surface area contributed by atoms with Gasteiger partial charge in [0.05, 0.1) is 7.11 Å². The van der Waals surface area contributed by atoms with Gasteiger partial charge in [-0.1, -0.05) is 6.07 Å². The van der Waals surface area contributed by atoms with Crippen molar-refractivity contribution >= 4 is 5.82 Å². The number of hydrogen-bond donors (Lipinski definition) is 2. The Labute approximate surface area is 96.4 Å². The van der Waals surface area contributed by atoms with Gasteiger partial charge >= 0.3 is 0 Å². The molecule has 0 aliphatic carbocycles. The maximum absolute atomic E-state index is 5.07. The quantitative estimate of drug-likeness (QED) is 0.793. The van der Waals surface area contributed by atoms with Crippen LogP contribution < -0.4 is 15.4 Å². The summed E-state index contributed by atoms with van der Waals surface area (Å²) >= 11 is 0. The molecule has 1 fully saturated rings. The highest BCUT2D eigenvalue weighted by Gasteiger charge is 2.12. The van der Waals surface area contributed by atoms with E-state index in [0.717, 1.165) is 18.8 Å². The molecule has 0 aromatic carbocycles. The zero-order valence-electron chi connectivity index (χ0n) is 9.70. The van der Waals surface area contributed by atoms with Crippen LogP contribution >= 0.6 is 0 Å². The normalized spacial score (nSPS) is 19.7. The standard InChI is InChI=1S/C12H19N3O/c1-16-12-6-2-5-11(15-12)14-9-7-10-4-3-8-13-10/h2,5-6,10,13H,3-4,7-9H2,1H3,(H,14,15)/t10-/m0/s1. The summed E-state index contributed by atoms with van der Waals surface area (Å²) < 4.78 is 5.07. The first-order chi connectivity index (χ1) is 7.88. The molecule has 4 heteroatoms. The third-order valence-electron chi connectivity index (χ3n) is 2.89. The van der Waals surface area contributed by atoms with Crippen molar-refractivity contribution in [2.45, 2.75) is 25.3 Å². The Bertz CT molecular complexity index is 324. The predicted octanol–water partition coefficient (Wildman–Crippen LogP) is 1.64. The van der Waals surface area contributed by atoms with Gasteiger partial charge in [-0.05, 0) is 31.9 Å². The monoisotopic (exact) mass is 221 g/mol. The summed E-state index contributed by atoms with van der Waals surface area (Å²) in [4.78, 5) is 4.30. The van der Waals surface area contributed by atoms with Crippen LogP contribution in [0, 0.1) is 0 Å². The van der Waals surface area contributed by atoms with Gasteiger partial charge in [0.1, 0.15) is 5.82 Å². The number of rotatable bonds is 5. The van der Waals surface area contributed by atoms with Gasteiger partial charge in [0, 0.05) is 18.7 Å². The van der Waals surface area contributed by atoms with Crippen LogP contribution in [0.15, 0.2) is 18.2 Å². The molecule has 2 rings (SSSR count). The minimum Gasteiger partial charge on any atom is -0.481 e. The van der Waals surface area contributed by atoms with Gasteiger partial charge in [-0.25, -0.2) is 0 Å². The number of pyridine rings is 1. The summed E-state index contributed by atoms with van der Waals surface area (Å²) in [5.41, 5.74) is 0. The Balaban J connectivity index is 1.75. The first kappa shape index (κ1) is 11.2. The third-order valence-corrected chi connectivity index (χ3v) is 2.89. The lowest BCUT2D eigenvalue weighted by Crippen LogP contribution is -2.24. The van der Waals surface area contributed by atoms with Crippen LogP contribution in [0.25, 0.3) is 0 Å². The average Bonchev–Trinajstić information content (AvgIpc) is 2.82. The second kappa shape index (κ2) is 5.70. The van der Waals surface area contributed by atoms with Gasteiger partial charge in [0.2, 0.25) is 5.88 Å². The molecule has 0 saturated carbocycles. The van der Waals surface area contributed by atoms with Crippen LogP contribution in [0.2, 0.25) is 0 Å². The molecule has 0 amide bonds. The van der Waals surface area contributed by atoms with E-state index in [2.05, 4.69) is 15.6 Å². The summed E-state index contributed by atoms with van der Waals surface area (Å²) in [6.45, 7) is 2.12. The van der Waals surface area contributed by atoms with E-state index in [1.54, 1.807) is 7.11 Å². The van der Waals surface area contributed by atoms with Crippen LogP contribution in [0.1, 0.15) is 19.3 Å². The van der Waals surface area contributed by atoms with Crippen LogP contribution in [-0.2, 0) is 0 Å². The molecule has 88 valence electrons. The molecule has 0 radical (unpaired) electrons. The molecule has 0 bridgehead atoms. The molecule has 0 unspecified atom stereocenters. The predicted molar refractivity (Wildman–Crippen MR) is 64.9 cm³/mol. The van der Waals surface area contributed by atoms with Crippen molar-refractivity contribution in [1.29, 1.82) is 0 Å². The Morgan fingerprint density at radius 3 is 3.25 bits per heavy atom. The molecular formula is C12H19N3O. The van der Waals surface area contributed by atoms with Crippen LogP contribution in [-0.4, -0.2) is 31.2 Å². The van der Waals surface area contributed by atoms with E-state index in [1.165, 1.54) is 19.4 Å². The lowest BCUT2D eigenvalue weighted by Gasteiger charge is -2.11. The maximum atomic E-state index is 5.07. The van der Waals surface area contributed by atoms with Crippen LogP contribution in [0.5, 0.6) is 5.88 Å². The van der Waals surface area contributed by atoms with E-state index in [-0.39, 0.29) is 0 Å². The van der Waals surface area contributed by atoms with E-state index in [9.17, 15) is 0 Å². The highest BCUT2D eigenvalue weighted by molar-refractivity contribution is 5.36. The number of nitrogens with one attached hydrogen (secondary N) is 2. The minimum atomic E-state index is 0.656. The molecule has 2 heterocycles. The number of methoxy groups -OCH3 is 1. The summed E-state index contributed by atoms with van der Waals surface area (Å²) in [6.07, 6.45) is 3.76. The Kier molecular flexibility index (Phi) is 3.99. The van der Waals surface area contributed by atoms with Crippen LogP contribution in [0.3, 0.4) is 0 Å². The molecule has 1 aliphatic heterocycles. The van der Waals surface area contributed by atoms with Gasteiger partial charge in [-0.15, -0.1) is 0 Å². The van der Waals surface area contributed by atoms with Gasteiger partial charge in [0.25, 0.3) is 0 Å². The topological polar surface area (TPSA) is 46.2 Å². The zero-order chi connectivity index (χ0) is 11.2. The second-order valence-corrected chi connectivity index (χ2v) is 4.07. The lowest BCUT2D eigenvalue weighted by atomic mass is 10.1. The zero-order valence-corrected chi connectivity index (χ0v) is 9.70. The number of nitrogens with zero attached hydrogens (tertiary/aromatic N) is 1. The summed E-state index contributed by atoms with van der Waals surface area (Å²) in [5.74, 6) is 1.54. The van der Waals surface area contributed by atoms with Crippen molar-refractivity contribution in [1.82, 2.24) is 10.3 Å². The maximum Gasteiger partial charge on any atom is 0.214 e. The molecule has 0 spiro atoms. The molecule has 16 heavy (non-hydrogen) atoms. The molecule has 1 aromatic rings. The van der Waals surface area contributed by atoms with Gasteiger partial charge < -0.3 is 15.4 Å². The SMILES string of the molecule is COc1cccc(NCC[C@@H]2CCCN2)n1. The average molecular weight is 221 g/mol. The second-order valence-electron chi connectivity index (χ2n) is 4.07. The van der Waals surface area contributed by atoms with Crippen molar-refractivity contribution in [3.63, 3.8) is 0 Å². The molecule has 4 nitrogen and oxygen atoms in total. The van der Waals surface area contributed by atoms with E-state index in [1.807, 2.05) is 18.2 Å². The van der Waals surface area contributed by atoms with E-state index in [4.69, 9.17) is 4.74 Å². The Morgan fingerprint density at radius 1 is 1.56 bits per heavy atom. The van der Waals surface area contributed by atoms with E-state index < -0.39 is 0 Å². The molecule has 1 saturated heterocycles. The fourth-order valence-electron chi connectivity index (χ4n) is 2.00. The van der Waals surface area contributed by atoms with Crippen molar-refractivity contribution in [3.05, 3.63) is 18.2 Å². The molecule has 1 atom stereocenters. The minimum absolute atomic E-state index is 0.656. The van der Waals surface area contributed by atoms with Crippen LogP contribution in [0.4, 0.5) is 5.82 Å². The molecular weight excluding hydrogens is 202 g/mol. The number of aromatic nitrogens is 1. The van der Waals surface area contributed by atoms with Crippen molar-refractivity contribution in [2.24, 2.45) is 0 Å². The fraction of sp³-hybridized carbons (Fsp3) is 0.583. The molecule has 1 aliphatic rings. The van der Waals surface area contributed by atoms with Crippen molar-refractivity contribution < 1.29 is 4.74 Å². The molecule has 1 aromatic heterocycles. The number of hydrogen-bond acceptors (Lipinski definition) is 4. The summed E-state index contributed by atoms with van der Waals surface area (Å²) in [6, 6.07) is 6.44. The number of ether oxygens (including phenoxy) is 1. The lowest BCUT2D eigenvalue weighted by molar-refractivity contribution is 0.398. The highest BCUT2D eigenvalue weighted by atomic mass is 16.5. The third kappa shape index (κ3) is 3.10. The Morgan fingerprint density at radius 2 is 2.50 bits per heavy atom. The summed E-state index contributed by atoms with van der Waals surface area (Å²) in [7, 11) is 1.63. The van der Waals surface area contributed by atoms with E-state index >= 15 is 0 Å². The first-order valence-electron chi connectivity index (χ1n) is 5.87. The van der Waals surface area contributed by atoms with Gasteiger partial charge in [-0.3, -0.25) is 0 Å².